The first kappa shape index (κ1) is 11.7. The average molecular weight is 204 g/mol. The van der Waals surface area contributed by atoms with E-state index < -0.39 is 6.10 Å². The van der Waals surface area contributed by atoms with Gasteiger partial charge >= 0.3 is 0 Å². The molecule has 0 fully saturated rings. The van der Waals surface area contributed by atoms with Crippen LogP contribution >= 0.6 is 0 Å². The van der Waals surface area contributed by atoms with Crippen LogP contribution in [0.4, 0.5) is 0 Å². The molecule has 0 aromatic heterocycles. The molecule has 0 radical (unpaired) electrons. The lowest BCUT2D eigenvalue weighted by Gasteiger charge is -2.09. The van der Waals surface area contributed by atoms with E-state index in [4.69, 9.17) is 0 Å². The molecule has 80 valence electrons. The second-order valence-electron chi connectivity index (χ2n) is 3.53. The van der Waals surface area contributed by atoms with Crippen LogP contribution in [0.2, 0.25) is 0 Å². The number of allylic oxidation sites excluding steroid dienone is 2. The number of hydrogen-bond acceptors (Lipinski definition) is 2. The smallest absolute Gasteiger partial charge is 0.161 e. The Balaban J connectivity index is 2.65. The van der Waals surface area contributed by atoms with Crippen molar-refractivity contribution in [2.24, 2.45) is 0 Å². The Morgan fingerprint density at radius 2 is 2.00 bits per heavy atom. The standard InChI is InChI=1S/C13H16O2/c1-3-10(2)12(14)9-13(15)11-7-5-4-6-8-11/h3-8,13,15H,9H2,1-2H3/b10-3+. The minimum Gasteiger partial charge on any atom is -0.388 e. The number of carbonyl (C=O) groups excluding carboxylic acids is 1. The zero-order valence-corrected chi connectivity index (χ0v) is 9.10. The first-order valence-corrected chi connectivity index (χ1v) is 5.04. The van der Waals surface area contributed by atoms with Crippen LogP contribution in [0, 0.1) is 0 Å². The highest BCUT2D eigenvalue weighted by Crippen LogP contribution is 2.17. The highest BCUT2D eigenvalue weighted by Gasteiger charge is 2.13. The Labute approximate surface area is 90.3 Å². The number of hydrogen-bond donors (Lipinski definition) is 1. The monoisotopic (exact) mass is 204 g/mol. The Kier molecular flexibility index (Phi) is 4.25. The van der Waals surface area contributed by atoms with Crippen molar-refractivity contribution in [1.82, 2.24) is 0 Å². The van der Waals surface area contributed by atoms with Crippen molar-refractivity contribution in [3.8, 4) is 0 Å². The molecule has 0 aliphatic carbocycles. The summed E-state index contributed by atoms with van der Waals surface area (Å²) in [7, 11) is 0. The molecular formula is C13H16O2. The third kappa shape index (κ3) is 3.33. The minimum atomic E-state index is -0.700. The molecule has 2 nitrogen and oxygen atoms in total. The van der Waals surface area contributed by atoms with E-state index in [1.54, 1.807) is 13.0 Å². The van der Waals surface area contributed by atoms with E-state index in [1.807, 2.05) is 37.3 Å². The zero-order valence-electron chi connectivity index (χ0n) is 9.10. The van der Waals surface area contributed by atoms with Crippen LogP contribution in [0.1, 0.15) is 31.9 Å². The minimum absolute atomic E-state index is 0.00569. The maximum atomic E-state index is 11.5. The predicted molar refractivity (Wildman–Crippen MR) is 60.5 cm³/mol. The summed E-state index contributed by atoms with van der Waals surface area (Å²) < 4.78 is 0. The Bertz CT molecular complexity index is 352. The first-order valence-electron chi connectivity index (χ1n) is 5.04. The molecular weight excluding hydrogens is 188 g/mol. The largest absolute Gasteiger partial charge is 0.388 e. The van der Waals surface area contributed by atoms with Crippen LogP contribution in [0.25, 0.3) is 0 Å². The molecule has 15 heavy (non-hydrogen) atoms. The second-order valence-corrected chi connectivity index (χ2v) is 3.53. The van der Waals surface area contributed by atoms with Gasteiger partial charge in [0.25, 0.3) is 0 Å². The van der Waals surface area contributed by atoms with E-state index in [0.717, 1.165) is 5.56 Å². The fraction of sp³-hybridized carbons (Fsp3) is 0.308. The third-order valence-electron chi connectivity index (χ3n) is 2.44. The molecule has 0 bridgehead atoms. The van der Waals surface area contributed by atoms with Gasteiger partial charge in [-0.2, -0.15) is 0 Å². The van der Waals surface area contributed by atoms with Crippen LogP contribution < -0.4 is 0 Å². The van der Waals surface area contributed by atoms with Crippen LogP contribution in [-0.4, -0.2) is 10.9 Å². The number of rotatable bonds is 4. The van der Waals surface area contributed by atoms with Gasteiger partial charge in [0.15, 0.2) is 5.78 Å². The van der Waals surface area contributed by atoms with Gasteiger partial charge in [-0.3, -0.25) is 4.79 Å². The summed E-state index contributed by atoms with van der Waals surface area (Å²) in [6, 6.07) is 9.23. The summed E-state index contributed by atoms with van der Waals surface area (Å²) in [5.41, 5.74) is 1.49. The number of carbonyl (C=O) groups is 1. The van der Waals surface area contributed by atoms with Crippen LogP contribution in [0.5, 0.6) is 0 Å². The van der Waals surface area contributed by atoms with Gasteiger partial charge in [0.05, 0.1) is 6.10 Å². The number of aliphatic hydroxyl groups is 1. The number of aliphatic hydroxyl groups excluding tert-OH is 1. The maximum Gasteiger partial charge on any atom is 0.161 e. The Morgan fingerprint density at radius 1 is 1.40 bits per heavy atom. The van der Waals surface area contributed by atoms with Gasteiger partial charge in [0.1, 0.15) is 0 Å². The van der Waals surface area contributed by atoms with Gasteiger partial charge in [-0.15, -0.1) is 0 Å². The lowest BCUT2D eigenvalue weighted by Crippen LogP contribution is -2.07. The van der Waals surface area contributed by atoms with Crippen molar-refractivity contribution < 1.29 is 9.90 Å². The van der Waals surface area contributed by atoms with Gasteiger partial charge < -0.3 is 5.11 Å². The highest BCUT2D eigenvalue weighted by molar-refractivity contribution is 5.94. The summed E-state index contributed by atoms with van der Waals surface area (Å²) >= 11 is 0. The molecule has 1 unspecified atom stereocenters. The van der Waals surface area contributed by atoms with Crippen molar-refractivity contribution in [3.63, 3.8) is 0 Å². The van der Waals surface area contributed by atoms with Gasteiger partial charge in [0, 0.05) is 6.42 Å². The molecule has 0 spiro atoms. The van der Waals surface area contributed by atoms with E-state index >= 15 is 0 Å². The van der Waals surface area contributed by atoms with Gasteiger partial charge in [0.2, 0.25) is 0 Å². The summed E-state index contributed by atoms with van der Waals surface area (Å²) in [5.74, 6) is -0.00569. The van der Waals surface area contributed by atoms with Gasteiger partial charge in [-0.25, -0.2) is 0 Å². The molecule has 1 atom stereocenters. The van der Waals surface area contributed by atoms with Crippen LogP contribution in [0.3, 0.4) is 0 Å². The van der Waals surface area contributed by atoms with E-state index in [0.29, 0.717) is 5.57 Å². The van der Waals surface area contributed by atoms with Crippen molar-refractivity contribution in [1.29, 1.82) is 0 Å². The van der Waals surface area contributed by atoms with Crippen molar-refractivity contribution in [2.45, 2.75) is 26.4 Å². The number of benzene rings is 1. The molecule has 0 saturated heterocycles. The molecule has 0 aliphatic rings. The molecule has 0 saturated carbocycles. The van der Waals surface area contributed by atoms with Crippen molar-refractivity contribution in [2.75, 3.05) is 0 Å². The second kappa shape index (κ2) is 5.47. The highest BCUT2D eigenvalue weighted by atomic mass is 16.3. The lowest BCUT2D eigenvalue weighted by atomic mass is 10.0. The summed E-state index contributed by atoms with van der Waals surface area (Å²) in [6.45, 7) is 3.59. The zero-order chi connectivity index (χ0) is 11.3. The fourth-order valence-electron chi connectivity index (χ4n) is 1.29. The summed E-state index contributed by atoms with van der Waals surface area (Å²) in [4.78, 5) is 11.5. The Hall–Kier alpha value is -1.41. The van der Waals surface area contributed by atoms with E-state index in [9.17, 15) is 9.90 Å². The van der Waals surface area contributed by atoms with Crippen molar-refractivity contribution in [3.05, 3.63) is 47.5 Å². The summed E-state index contributed by atoms with van der Waals surface area (Å²) in [6.07, 6.45) is 1.22. The number of ketones is 1. The molecule has 1 N–H and O–H groups in total. The Morgan fingerprint density at radius 3 is 2.53 bits per heavy atom. The summed E-state index contributed by atoms with van der Waals surface area (Å²) in [5, 5.41) is 9.79. The molecule has 1 rings (SSSR count). The van der Waals surface area contributed by atoms with E-state index in [-0.39, 0.29) is 12.2 Å². The maximum absolute atomic E-state index is 11.5. The fourth-order valence-corrected chi connectivity index (χ4v) is 1.29. The van der Waals surface area contributed by atoms with Gasteiger partial charge in [-0.05, 0) is 25.0 Å². The average Bonchev–Trinajstić information content (AvgIpc) is 2.29. The van der Waals surface area contributed by atoms with Crippen LogP contribution in [0.15, 0.2) is 42.0 Å². The van der Waals surface area contributed by atoms with E-state index in [1.165, 1.54) is 0 Å². The number of Topliss-reactive ketones (excluding diaryl/α,β-unsaturated/α-hetero) is 1. The third-order valence-corrected chi connectivity index (χ3v) is 2.44. The molecule has 0 aliphatic heterocycles. The lowest BCUT2D eigenvalue weighted by molar-refractivity contribution is -0.117. The molecule has 0 heterocycles. The van der Waals surface area contributed by atoms with Gasteiger partial charge in [-0.1, -0.05) is 36.4 Å². The molecule has 1 aromatic rings. The van der Waals surface area contributed by atoms with Crippen LogP contribution in [-0.2, 0) is 4.79 Å². The molecule has 2 heteroatoms. The first-order chi connectivity index (χ1) is 7.15. The molecule has 0 amide bonds. The van der Waals surface area contributed by atoms with Crippen molar-refractivity contribution >= 4 is 5.78 Å². The SMILES string of the molecule is C/C=C(\C)C(=O)CC(O)c1ccccc1. The predicted octanol–water partition coefficient (Wildman–Crippen LogP) is 2.65. The topological polar surface area (TPSA) is 37.3 Å². The molecule has 1 aromatic carbocycles. The normalized spacial score (nSPS) is 13.7. The van der Waals surface area contributed by atoms with E-state index in [2.05, 4.69) is 0 Å². The quantitative estimate of drug-likeness (QED) is 0.765.